The Bertz CT molecular complexity index is 392. The molecule has 24 heavy (non-hydrogen) atoms. The Balaban J connectivity index is 2.24. The summed E-state index contributed by atoms with van der Waals surface area (Å²) < 4.78 is 0. The molecule has 4 nitrogen and oxygen atoms in total. The minimum absolute atomic E-state index is 0.229. The summed E-state index contributed by atoms with van der Waals surface area (Å²) in [6, 6.07) is 0. The molecule has 1 aliphatic heterocycles. The van der Waals surface area contributed by atoms with Gasteiger partial charge in [-0.2, -0.15) is 0 Å². The van der Waals surface area contributed by atoms with E-state index in [1.54, 1.807) is 6.21 Å². The first kappa shape index (κ1) is 20.9. The van der Waals surface area contributed by atoms with E-state index in [2.05, 4.69) is 11.9 Å². The zero-order valence-electron chi connectivity index (χ0n) is 15.3. The second-order valence-electron chi connectivity index (χ2n) is 7.01. The zero-order chi connectivity index (χ0) is 17.7. The molecule has 0 saturated carbocycles. The van der Waals surface area contributed by atoms with Gasteiger partial charge in [0, 0.05) is 12.6 Å². The van der Waals surface area contributed by atoms with E-state index in [-0.39, 0.29) is 6.42 Å². The number of nitrogens with zero attached hydrogens (tertiary/aromatic N) is 1. The van der Waals surface area contributed by atoms with Crippen molar-refractivity contribution in [3.63, 3.8) is 0 Å². The van der Waals surface area contributed by atoms with Gasteiger partial charge in [-0.3, -0.25) is 9.79 Å². The summed E-state index contributed by atoms with van der Waals surface area (Å²) in [5.41, 5.74) is -0.467. The molecule has 0 aromatic rings. The quantitative estimate of drug-likeness (QED) is 0.417. The number of rotatable bonds is 15. The highest BCUT2D eigenvalue weighted by Crippen LogP contribution is 2.31. The van der Waals surface area contributed by atoms with Gasteiger partial charge in [-0.15, -0.1) is 0 Å². The number of aliphatic carboxylic acids is 1. The third-order valence-electron chi connectivity index (χ3n) is 4.91. The van der Waals surface area contributed by atoms with Crippen molar-refractivity contribution in [2.24, 2.45) is 4.99 Å². The summed E-state index contributed by atoms with van der Waals surface area (Å²) in [5, 5.41) is 19.3. The van der Waals surface area contributed by atoms with Crippen LogP contribution in [0.25, 0.3) is 0 Å². The maximum absolute atomic E-state index is 10.6. The fourth-order valence-corrected chi connectivity index (χ4v) is 3.35. The summed E-state index contributed by atoms with van der Waals surface area (Å²) in [6.45, 7) is 2.23. The number of unbranched alkanes of at least 4 members (excludes halogenated alkanes) is 8. The first-order valence-corrected chi connectivity index (χ1v) is 9.73. The molecule has 0 saturated heterocycles. The average Bonchev–Trinajstić information content (AvgIpc) is 3.03. The van der Waals surface area contributed by atoms with Crippen molar-refractivity contribution in [3.8, 4) is 0 Å². The minimum atomic E-state index is -0.734. The number of aliphatic hydroxyl groups excluding tert-OH is 1. The van der Waals surface area contributed by atoms with Gasteiger partial charge in [-0.05, 0) is 25.3 Å². The number of carboxylic acid groups (broad SMARTS) is 1. The standard InChI is InChI=1S/C20H35NO3/c1-2-3-4-5-6-7-9-13-18(22)20(16-12-17-21-20)15-11-8-10-14-19(23)24/h12,16-18,22H,2-11,13-15H2,1H3,(H,23,24). The van der Waals surface area contributed by atoms with E-state index in [4.69, 9.17) is 5.11 Å². The highest BCUT2D eigenvalue weighted by molar-refractivity contribution is 5.75. The molecule has 0 amide bonds. The van der Waals surface area contributed by atoms with Crippen LogP contribution in [0.3, 0.4) is 0 Å². The predicted molar refractivity (Wildman–Crippen MR) is 99.7 cm³/mol. The van der Waals surface area contributed by atoms with Gasteiger partial charge in [0.25, 0.3) is 0 Å². The molecular weight excluding hydrogens is 302 g/mol. The molecule has 138 valence electrons. The Hall–Kier alpha value is -1.16. The summed E-state index contributed by atoms with van der Waals surface area (Å²) in [7, 11) is 0. The highest BCUT2D eigenvalue weighted by Gasteiger charge is 2.35. The highest BCUT2D eigenvalue weighted by atomic mass is 16.4. The van der Waals surface area contributed by atoms with Gasteiger partial charge in [0.1, 0.15) is 5.54 Å². The lowest BCUT2D eigenvalue weighted by atomic mass is 9.84. The van der Waals surface area contributed by atoms with E-state index in [0.29, 0.717) is 6.42 Å². The number of hydrogen-bond donors (Lipinski definition) is 2. The smallest absolute Gasteiger partial charge is 0.303 e. The predicted octanol–water partition coefficient (Wildman–Crippen LogP) is 4.90. The van der Waals surface area contributed by atoms with E-state index in [1.165, 1.54) is 38.5 Å². The van der Waals surface area contributed by atoms with Gasteiger partial charge in [-0.1, -0.05) is 70.8 Å². The van der Waals surface area contributed by atoms with Crippen LogP contribution in [0.2, 0.25) is 0 Å². The topological polar surface area (TPSA) is 69.9 Å². The molecule has 0 aromatic carbocycles. The fourth-order valence-electron chi connectivity index (χ4n) is 3.35. The maximum Gasteiger partial charge on any atom is 0.303 e. The van der Waals surface area contributed by atoms with E-state index >= 15 is 0 Å². The lowest BCUT2D eigenvalue weighted by molar-refractivity contribution is -0.137. The summed E-state index contributed by atoms with van der Waals surface area (Å²) in [4.78, 5) is 15.1. The Morgan fingerprint density at radius 2 is 1.71 bits per heavy atom. The second-order valence-corrected chi connectivity index (χ2v) is 7.01. The number of hydrogen-bond acceptors (Lipinski definition) is 3. The van der Waals surface area contributed by atoms with Crippen LogP contribution in [-0.2, 0) is 4.79 Å². The second kappa shape index (κ2) is 12.2. The van der Waals surface area contributed by atoms with Gasteiger partial charge in [0.2, 0.25) is 0 Å². The first-order valence-electron chi connectivity index (χ1n) is 9.73. The molecule has 0 aliphatic carbocycles. The molecule has 2 atom stereocenters. The molecule has 0 bridgehead atoms. The van der Waals surface area contributed by atoms with Crippen LogP contribution in [0, 0.1) is 0 Å². The van der Waals surface area contributed by atoms with Crippen molar-refractivity contribution in [1.82, 2.24) is 0 Å². The number of carbonyl (C=O) groups is 1. The molecular formula is C20H35NO3. The molecule has 0 fully saturated rings. The van der Waals surface area contributed by atoms with Crippen molar-refractivity contribution < 1.29 is 15.0 Å². The van der Waals surface area contributed by atoms with Crippen molar-refractivity contribution >= 4 is 12.2 Å². The number of allylic oxidation sites excluding steroid dienone is 1. The van der Waals surface area contributed by atoms with Crippen molar-refractivity contribution in [3.05, 3.63) is 12.2 Å². The summed E-state index contributed by atoms with van der Waals surface area (Å²) in [5.74, 6) is -0.734. The van der Waals surface area contributed by atoms with Crippen molar-refractivity contribution in [2.75, 3.05) is 0 Å². The Labute approximate surface area is 147 Å². The Morgan fingerprint density at radius 1 is 1.04 bits per heavy atom. The fraction of sp³-hybridized carbons (Fsp3) is 0.800. The normalized spacial score (nSPS) is 20.6. The molecule has 4 heteroatoms. The molecule has 0 spiro atoms. The van der Waals surface area contributed by atoms with Gasteiger partial charge in [-0.25, -0.2) is 0 Å². The third kappa shape index (κ3) is 8.09. The largest absolute Gasteiger partial charge is 0.481 e. The van der Waals surface area contributed by atoms with Gasteiger partial charge >= 0.3 is 5.97 Å². The first-order chi connectivity index (χ1) is 11.6. The van der Waals surface area contributed by atoms with Crippen molar-refractivity contribution in [2.45, 2.75) is 102 Å². The van der Waals surface area contributed by atoms with E-state index < -0.39 is 17.6 Å². The number of aliphatic imine (C=N–C) groups is 1. The van der Waals surface area contributed by atoms with Crippen LogP contribution < -0.4 is 0 Å². The SMILES string of the molecule is CCCCCCCCCC(O)C1(CCCCCC(=O)O)C=CC=N1. The third-order valence-corrected chi connectivity index (χ3v) is 4.91. The van der Waals surface area contributed by atoms with Crippen LogP contribution in [-0.4, -0.2) is 34.0 Å². The van der Waals surface area contributed by atoms with Gasteiger partial charge < -0.3 is 10.2 Å². The molecule has 1 rings (SSSR count). The molecule has 2 unspecified atom stereocenters. The van der Waals surface area contributed by atoms with E-state index in [0.717, 1.165) is 32.1 Å². The number of aliphatic hydroxyl groups is 1. The summed E-state index contributed by atoms with van der Waals surface area (Å²) >= 11 is 0. The van der Waals surface area contributed by atoms with Crippen molar-refractivity contribution in [1.29, 1.82) is 0 Å². The Morgan fingerprint density at radius 3 is 2.33 bits per heavy atom. The van der Waals surface area contributed by atoms with Gasteiger partial charge in [0.05, 0.1) is 6.10 Å². The molecule has 0 radical (unpaired) electrons. The van der Waals surface area contributed by atoms with Crippen LogP contribution in [0.15, 0.2) is 17.1 Å². The van der Waals surface area contributed by atoms with Crippen LogP contribution in [0.4, 0.5) is 0 Å². The van der Waals surface area contributed by atoms with Crippen LogP contribution >= 0.6 is 0 Å². The zero-order valence-corrected chi connectivity index (χ0v) is 15.3. The number of carboxylic acids is 1. The van der Waals surface area contributed by atoms with Gasteiger partial charge in [0.15, 0.2) is 0 Å². The molecule has 0 aromatic heterocycles. The summed E-state index contributed by atoms with van der Waals surface area (Å²) in [6.07, 6.45) is 18.3. The van der Waals surface area contributed by atoms with E-state index in [9.17, 15) is 9.90 Å². The molecule has 1 aliphatic rings. The lowest BCUT2D eigenvalue weighted by Gasteiger charge is -2.30. The lowest BCUT2D eigenvalue weighted by Crippen LogP contribution is -2.37. The van der Waals surface area contributed by atoms with Crippen LogP contribution in [0.5, 0.6) is 0 Å². The molecule has 1 heterocycles. The van der Waals surface area contributed by atoms with E-state index in [1.807, 2.05) is 12.2 Å². The monoisotopic (exact) mass is 337 g/mol. The van der Waals surface area contributed by atoms with Crippen LogP contribution in [0.1, 0.15) is 90.4 Å². The molecule has 2 N–H and O–H groups in total. The Kier molecular flexibility index (Phi) is 10.6. The maximum atomic E-state index is 10.6. The minimum Gasteiger partial charge on any atom is -0.481 e. The average molecular weight is 338 g/mol.